The molecule has 0 spiro atoms. The van der Waals surface area contributed by atoms with Crippen LogP contribution in [-0.4, -0.2) is 29.3 Å². The van der Waals surface area contributed by atoms with Crippen LogP contribution in [0, 0.1) is 5.92 Å². The first-order valence-corrected chi connectivity index (χ1v) is 8.01. The molecule has 0 radical (unpaired) electrons. The molecule has 1 saturated carbocycles. The van der Waals surface area contributed by atoms with Gasteiger partial charge in [-0.2, -0.15) is 0 Å². The molecule has 0 aromatic carbocycles. The number of rotatable bonds is 6. The molecule has 1 fully saturated rings. The first-order valence-electron chi connectivity index (χ1n) is 8.01. The molecule has 2 rings (SSSR count). The Kier molecular flexibility index (Phi) is 5.83. The van der Waals surface area contributed by atoms with Crippen LogP contribution in [0.2, 0.25) is 0 Å². The van der Waals surface area contributed by atoms with E-state index in [9.17, 15) is 4.79 Å². The molecule has 22 heavy (non-hydrogen) atoms. The molecule has 124 valence electrons. The lowest BCUT2D eigenvalue weighted by atomic mass is 9.98. The molecule has 2 N–H and O–H groups in total. The lowest BCUT2D eigenvalue weighted by Gasteiger charge is -2.26. The van der Waals surface area contributed by atoms with E-state index in [-0.39, 0.29) is 12.1 Å². The van der Waals surface area contributed by atoms with E-state index in [0.29, 0.717) is 19.0 Å². The van der Waals surface area contributed by atoms with Crippen LogP contribution in [0.1, 0.15) is 52.2 Å². The highest BCUT2D eigenvalue weighted by molar-refractivity contribution is 5.67. The number of ether oxygens (including phenoxy) is 1. The van der Waals surface area contributed by atoms with Gasteiger partial charge in [0, 0.05) is 12.6 Å². The molecule has 1 aliphatic carbocycles. The maximum Gasteiger partial charge on any atom is 0.407 e. The fourth-order valence-corrected chi connectivity index (χ4v) is 2.83. The summed E-state index contributed by atoms with van der Waals surface area (Å²) in [5.41, 5.74) is -0.472. The van der Waals surface area contributed by atoms with Gasteiger partial charge in [0.15, 0.2) is 6.39 Å². The minimum absolute atomic E-state index is 0.222. The van der Waals surface area contributed by atoms with Crippen LogP contribution in [-0.2, 0) is 11.3 Å². The Morgan fingerprint density at radius 3 is 2.77 bits per heavy atom. The average molecular weight is 309 g/mol. The zero-order valence-corrected chi connectivity index (χ0v) is 13.7. The smallest absolute Gasteiger partial charge is 0.407 e. The number of nitrogens with one attached hydrogen (secondary N) is 2. The van der Waals surface area contributed by atoms with Gasteiger partial charge in [0.1, 0.15) is 11.4 Å². The van der Waals surface area contributed by atoms with Crippen molar-refractivity contribution >= 4 is 6.09 Å². The van der Waals surface area contributed by atoms with Crippen molar-refractivity contribution in [3.63, 3.8) is 0 Å². The maximum atomic E-state index is 11.8. The third kappa shape index (κ3) is 5.67. The minimum atomic E-state index is -0.472. The molecule has 1 unspecified atom stereocenters. The number of nitrogens with zero attached hydrogens (tertiary/aromatic N) is 1. The van der Waals surface area contributed by atoms with Crippen LogP contribution >= 0.6 is 0 Å². The van der Waals surface area contributed by atoms with Crippen LogP contribution in [0.3, 0.4) is 0 Å². The van der Waals surface area contributed by atoms with Crippen molar-refractivity contribution in [2.75, 3.05) is 6.54 Å². The first kappa shape index (κ1) is 16.8. The predicted molar refractivity (Wildman–Crippen MR) is 83.3 cm³/mol. The summed E-state index contributed by atoms with van der Waals surface area (Å²) in [5, 5.41) is 6.35. The number of aromatic nitrogens is 1. The third-order valence-corrected chi connectivity index (χ3v) is 3.86. The topological polar surface area (TPSA) is 76.4 Å². The predicted octanol–water partition coefficient (Wildman–Crippen LogP) is 2.85. The summed E-state index contributed by atoms with van der Waals surface area (Å²) in [6, 6.07) is 0.222. The van der Waals surface area contributed by atoms with E-state index in [1.54, 1.807) is 6.20 Å². The van der Waals surface area contributed by atoms with Gasteiger partial charge < -0.3 is 19.8 Å². The van der Waals surface area contributed by atoms with Crippen molar-refractivity contribution < 1.29 is 13.9 Å². The van der Waals surface area contributed by atoms with Crippen molar-refractivity contribution in [3.05, 3.63) is 18.4 Å². The largest absolute Gasteiger partial charge is 0.447 e. The Balaban J connectivity index is 1.83. The fourth-order valence-electron chi connectivity index (χ4n) is 2.83. The van der Waals surface area contributed by atoms with Gasteiger partial charge in [-0.25, -0.2) is 9.78 Å². The molecule has 1 atom stereocenters. The molecule has 6 nitrogen and oxygen atoms in total. The fraction of sp³-hybridized carbons (Fsp3) is 0.750. The second kappa shape index (κ2) is 7.63. The van der Waals surface area contributed by atoms with Crippen LogP contribution < -0.4 is 10.6 Å². The summed E-state index contributed by atoms with van der Waals surface area (Å²) in [6.45, 7) is 6.78. The van der Waals surface area contributed by atoms with E-state index in [1.807, 2.05) is 20.8 Å². The van der Waals surface area contributed by atoms with Gasteiger partial charge >= 0.3 is 6.09 Å². The summed E-state index contributed by atoms with van der Waals surface area (Å²) < 4.78 is 10.5. The number of carbonyl (C=O) groups is 1. The van der Waals surface area contributed by atoms with Crippen LogP contribution in [0.5, 0.6) is 0 Å². The Morgan fingerprint density at radius 2 is 2.18 bits per heavy atom. The van der Waals surface area contributed by atoms with Gasteiger partial charge in [-0.15, -0.1) is 0 Å². The SMILES string of the molecule is CC(C)(C)OC(=O)NCC(NCc1cnco1)C1CCCC1. The molecular weight excluding hydrogens is 282 g/mol. The Labute approximate surface area is 132 Å². The van der Waals surface area contributed by atoms with E-state index in [4.69, 9.17) is 9.15 Å². The van der Waals surface area contributed by atoms with Crippen molar-refractivity contribution in [1.29, 1.82) is 0 Å². The zero-order chi connectivity index (χ0) is 16.0. The van der Waals surface area contributed by atoms with Gasteiger partial charge in [-0.05, 0) is 39.5 Å². The quantitative estimate of drug-likeness (QED) is 0.845. The number of carbonyl (C=O) groups excluding carboxylic acids is 1. The standard InChI is InChI=1S/C16H27N3O3/c1-16(2,3)22-15(20)19-10-14(12-6-4-5-7-12)18-9-13-8-17-11-21-13/h8,11-12,14,18H,4-7,9-10H2,1-3H3,(H,19,20). The molecular formula is C16H27N3O3. The lowest BCUT2D eigenvalue weighted by Crippen LogP contribution is -2.45. The molecule has 1 aliphatic rings. The summed E-state index contributed by atoms with van der Waals surface area (Å²) in [5.74, 6) is 1.39. The van der Waals surface area contributed by atoms with Crippen LogP contribution in [0.4, 0.5) is 4.79 Å². The van der Waals surface area contributed by atoms with Crippen molar-refractivity contribution in [2.24, 2.45) is 5.92 Å². The molecule has 1 aromatic heterocycles. The molecule has 1 amide bonds. The maximum absolute atomic E-state index is 11.8. The summed E-state index contributed by atoms with van der Waals surface area (Å²) in [6.07, 6.45) is 7.70. The first-order chi connectivity index (χ1) is 10.4. The molecule has 6 heteroatoms. The van der Waals surface area contributed by atoms with Gasteiger partial charge in [0.05, 0.1) is 12.7 Å². The minimum Gasteiger partial charge on any atom is -0.447 e. The second-order valence-corrected chi connectivity index (χ2v) is 6.88. The Morgan fingerprint density at radius 1 is 1.45 bits per heavy atom. The molecule has 0 bridgehead atoms. The second-order valence-electron chi connectivity index (χ2n) is 6.88. The van der Waals surface area contributed by atoms with Crippen molar-refractivity contribution in [3.8, 4) is 0 Å². The van der Waals surface area contributed by atoms with Gasteiger partial charge in [-0.1, -0.05) is 12.8 Å². The van der Waals surface area contributed by atoms with Crippen molar-refractivity contribution in [2.45, 2.75) is 64.6 Å². The Hall–Kier alpha value is -1.56. The molecule has 0 saturated heterocycles. The molecule has 0 aliphatic heterocycles. The number of oxazole rings is 1. The number of alkyl carbamates (subject to hydrolysis) is 1. The van der Waals surface area contributed by atoms with E-state index in [2.05, 4.69) is 15.6 Å². The lowest BCUT2D eigenvalue weighted by molar-refractivity contribution is 0.0518. The Bertz CT molecular complexity index is 448. The monoisotopic (exact) mass is 309 g/mol. The van der Waals surface area contributed by atoms with E-state index in [0.717, 1.165) is 5.76 Å². The van der Waals surface area contributed by atoms with E-state index < -0.39 is 5.60 Å². The highest BCUT2D eigenvalue weighted by atomic mass is 16.6. The highest BCUT2D eigenvalue weighted by Gasteiger charge is 2.26. The summed E-state index contributed by atoms with van der Waals surface area (Å²) in [7, 11) is 0. The van der Waals surface area contributed by atoms with E-state index in [1.165, 1.54) is 32.1 Å². The van der Waals surface area contributed by atoms with Crippen LogP contribution in [0.25, 0.3) is 0 Å². The molecule has 1 heterocycles. The van der Waals surface area contributed by atoms with Gasteiger partial charge in [0.2, 0.25) is 0 Å². The summed E-state index contributed by atoms with van der Waals surface area (Å²) in [4.78, 5) is 15.7. The normalized spacial score (nSPS) is 17.4. The van der Waals surface area contributed by atoms with Crippen molar-refractivity contribution in [1.82, 2.24) is 15.6 Å². The van der Waals surface area contributed by atoms with Gasteiger partial charge in [-0.3, -0.25) is 0 Å². The highest BCUT2D eigenvalue weighted by Crippen LogP contribution is 2.27. The van der Waals surface area contributed by atoms with Crippen LogP contribution in [0.15, 0.2) is 17.0 Å². The molecule has 1 aromatic rings. The number of amides is 1. The number of hydrogen-bond acceptors (Lipinski definition) is 5. The zero-order valence-electron chi connectivity index (χ0n) is 13.7. The van der Waals surface area contributed by atoms with Gasteiger partial charge in [0.25, 0.3) is 0 Å². The third-order valence-electron chi connectivity index (χ3n) is 3.86. The average Bonchev–Trinajstić information content (AvgIpc) is 3.09. The summed E-state index contributed by atoms with van der Waals surface area (Å²) >= 11 is 0. The van der Waals surface area contributed by atoms with E-state index >= 15 is 0 Å². The number of hydrogen-bond donors (Lipinski definition) is 2.